The first-order valence-corrected chi connectivity index (χ1v) is 6.91. The highest BCUT2D eigenvalue weighted by Crippen LogP contribution is 2.11. The first-order valence-electron chi connectivity index (χ1n) is 6.91. The van der Waals surface area contributed by atoms with Crippen LogP contribution in [0.25, 0.3) is 0 Å². The Hall–Kier alpha value is -1.14. The van der Waals surface area contributed by atoms with Gasteiger partial charge in [-0.3, -0.25) is 0 Å². The lowest BCUT2D eigenvalue weighted by molar-refractivity contribution is 0.0103. The van der Waals surface area contributed by atoms with Gasteiger partial charge in [0, 0.05) is 25.9 Å². The summed E-state index contributed by atoms with van der Waals surface area (Å²) in [6.07, 6.45) is -0.539. The maximum Gasteiger partial charge on any atom is 0.0945 e. The molecule has 0 aliphatic heterocycles. The van der Waals surface area contributed by atoms with Crippen molar-refractivity contribution in [3.8, 4) is 0 Å². The number of nitrogens with one attached hydrogen (secondary N) is 1. The molecule has 1 unspecified atom stereocenters. The van der Waals surface area contributed by atoms with Crippen LogP contribution in [0.5, 0.6) is 0 Å². The van der Waals surface area contributed by atoms with Gasteiger partial charge in [0.25, 0.3) is 0 Å². The minimum absolute atomic E-state index is 0.303. The summed E-state index contributed by atoms with van der Waals surface area (Å²) < 4.78 is 15.5. The molecule has 1 rings (SSSR count). The molecule has 0 radical (unpaired) electrons. The lowest BCUT2D eigenvalue weighted by Gasteiger charge is -2.14. The van der Waals surface area contributed by atoms with Crippen LogP contribution >= 0.6 is 0 Å². The average Bonchev–Trinajstić information content (AvgIpc) is 2.46. The molecule has 0 aliphatic rings. The molecule has 0 fully saturated rings. The molecule has 0 aliphatic carbocycles. The maximum atomic E-state index is 9.79. The van der Waals surface area contributed by atoms with Gasteiger partial charge >= 0.3 is 0 Å². The molecule has 5 heteroatoms. The van der Waals surface area contributed by atoms with Crippen molar-refractivity contribution in [2.45, 2.75) is 19.6 Å². The lowest BCUT2D eigenvalue weighted by Crippen LogP contribution is -2.25. The number of aliphatic hydroxyl groups is 1. The smallest absolute Gasteiger partial charge is 0.0945 e. The number of rotatable bonds is 11. The van der Waals surface area contributed by atoms with Crippen LogP contribution in [-0.2, 0) is 20.8 Å². The van der Waals surface area contributed by atoms with Gasteiger partial charge in [0.15, 0.2) is 0 Å². The van der Waals surface area contributed by atoms with Gasteiger partial charge in [-0.05, 0) is 24.6 Å². The molecule has 5 nitrogen and oxygen atoms in total. The molecule has 0 saturated carbocycles. The van der Waals surface area contributed by atoms with Crippen LogP contribution in [0.4, 0.5) is 5.69 Å². The Morgan fingerprint density at radius 1 is 1.25 bits per heavy atom. The van der Waals surface area contributed by atoms with Gasteiger partial charge in [-0.15, -0.1) is 0 Å². The molecule has 1 aromatic rings. The number of ether oxygens (including phenoxy) is 3. The lowest BCUT2D eigenvalue weighted by atomic mass is 10.2. The molecule has 0 bridgehead atoms. The summed E-state index contributed by atoms with van der Waals surface area (Å²) in [7, 11) is 1.67. The molecule has 114 valence electrons. The van der Waals surface area contributed by atoms with Crippen molar-refractivity contribution in [2.24, 2.45) is 0 Å². The number of hydrogen-bond donors (Lipinski definition) is 2. The summed E-state index contributed by atoms with van der Waals surface area (Å²) in [4.78, 5) is 0. The van der Waals surface area contributed by atoms with Crippen molar-refractivity contribution in [1.29, 1.82) is 0 Å². The molecule has 0 aromatic heterocycles. The molecular formula is C15H25NO4. The van der Waals surface area contributed by atoms with Crippen molar-refractivity contribution < 1.29 is 19.3 Å². The van der Waals surface area contributed by atoms with Crippen LogP contribution in [0, 0.1) is 0 Å². The second-order valence-electron chi connectivity index (χ2n) is 4.44. The van der Waals surface area contributed by atoms with Gasteiger partial charge in [0.1, 0.15) is 0 Å². The van der Waals surface area contributed by atoms with Crippen LogP contribution in [0.3, 0.4) is 0 Å². The quantitative estimate of drug-likeness (QED) is 0.605. The van der Waals surface area contributed by atoms with Crippen molar-refractivity contribution in [3.63, 3.8) is 0 Å². The first-order chi connectivity index (χ1) is 9.76. The third-order valence-corrected chi connectivity index (χ3v) is 2.67. The van der Waals surface area contributed by atoms with Gasteiger partial charge in [0.2, 0.25) is 0 Å². The molecule has 2 N–H and O–H groups in total. The van der Waals surface area contributed by atoms with Crippen LogP contribution in [0.2, 0.25) is 0 Å². The topological polar surface area (TPSA) is 60.0 Å². The molecule has 0 amide bonds. The molecule has 0 heterocycles. The van der Waals surface area contributed by atoms with E-state index >= 15 is 0 Å². The SMILES string of the molecule is CCOCCOCC(O)CNc1cccc(COC)c1. The van der Waals surface area contributed by atoms with Crippen LogP contribution in [0.15, 0.2) is 24.3 Å². The standard InChI is InChI=1S/C15H25NO4/c1-3-19-7-8-20-12-15(17)10-16-14-6-4-5-13(9-14)11-18-2/h4-6,9,15-17H,3,7-8,10-12H2,1-2H3. The average molecular weight is 283 g/mol. The number of anilines is 1. The highest BCUT2D eigenvalue weighted by atomic mass is 16.5. The zero-order valence-corrected chi connectivity index (χ0v) is 12.3. The monoisotopic (exact) mass is 283 g/mol. The minimum atomic E-state index is -0.539. The number of hydrogen-bond acceptors (Lipinski definition) is 5. The third kappa shape index (κ3) is 7.45. The molecule has 0 saturated heterocycles. The fraction of sp³-hybridized carbons (Fsp3) is 0.600. The predicted molar refractivity (Wildman–Crippen MR) is 79.0 cm³/mol. The van der Waals surface area contributed by atoms with Gasteiger partial charge in [-0.1, -0.05) is 12.1 Å². The fourth-order valence-electron chi connectivity index (χ4n) is 1.71. The highest BCUT2D eigenvalue weighted by Gasteiger charge is 2.04. The number of benzene rings is 1. The summed E-state index contributed by atoms with van der Waals surface area (Å²) in [5.74, 6) is 0. The largest absolute Gasteiger partial charge is 0.389 e. The molecule has 1 atom stereocenters. The van der Waals surface area contributed by atoms with E-state index in [0.29, 0.717) is 39.6 Å². The highest BCUT2D eigenvalue weighted by molar-refractivity contribution is 5.45. The Balaban J connectivity index is 2.19. The Bertz CT molecular complexity index is 359. The van der Waals surface area contributed by atoms with Crippen LogP contribution in [0.1, 0.15) is 12.5 Å². The molecule has 20 heavy (non-hydrogen) atoms. The molecule has 0 spiro atoms. The zero-order chi connectivity index (χ0) is 14.6. The van der Waals surface area contributed by atoms with Crippen LogP contribution in [-0.4, -0.2) is 51.3 Å². The first kappa shape index (κ1) is 16.9. The minimum Gasteiger partial charge on any atom is -0.389 e. The second kappa shape index (κ2) is 10.6. The number of methoxy groups -OCH3 is 1. The Kier molecular flexibility index (Phi) is 8.98. The summed E-state index contributed by atoms with van der Waals surface area (Å²) in [6, 6.07) is 7.93. The van der Waals surface area contributed by atoms with E-state index in [2.05, 4.69) is 5.32 Å². The van der Waals surface area contributed by atoms with E-state index in [1.165, 1.54) is 0 Å². The zero-order valence-electron chi connectivity index (χ0n) is 12.3. The van der Waals surface area contributed by atoms with Crippen molar-refractivity contribution in [1.82, 2.24) is 0 Å². The van der Waals surface area contributed by atoms with E-state index in [0.717, 1.165) is 11.3 Å². The normalized spacial score (nSPS) is 12.3. The van der Waals surface area contributed by atoms with Crippen LogP contribution < -0.4 is 5.32 Å². The van der Waals surface area contributed by atoms with Gasteiger partial charge in [0.05, 0.1) is 32.5 Å². The van der Waals surface area contributed by atoms with E-state index in [4.69, 9.17) is 14.2 Å². The van der Waals surface area contributed by atoms with Crippen molar-refractivity contribution in [3.05, 3.63) is 29.8 Å². The Labute approximate surface area is 120 Å². The second-order valence-corrected chi connectivity index (χ2v) is 4.44. The summed E-state index contributed by atoms with van der Waals surface area (Å²) in [6.45, 7) is 5.03. The summed E-state index contributed by atoms with van der Waals surface area (Å²) in [5, 5.41) is 13.0. The van der Waals surface area contributed by atoms with E-state index in [-0.39, 0.29) is 0 Å². The van der Waals surface area contributed by atoms with Gasteiger partial charge < -0.3 is 24.6 Å². The van der Waals surface area contributed by atoms with E-state index in [1.54, 1.807) is 7.11 Å². The molecular weight excluding hydrogens is 258 g/mol. The predicted octanol–water partition coefficient (Wildman–Crippen LogP) is 1.66. The van der Waals surface area contributed by atoms with Gasteiger partial charge in [-0.2, -0.15) is 0 Å². The van der Waals surface area contributed by atoms with Crippen molar-refractivity contribution in [2.75, 3.05) is 45.4 Å². The fourth-order valence-corrected chi connectivity index (χ4v) is 1.71. The molecule has 1 aromatic carbocycles. The Morgan fingerprint density at radius 3 is 2.80 bits per heavy atom. The third-order valence-electron chi connectivity index (χ3n) is 2.67. The summed E-state index contributed by atoms with van der Waals surface area (Å²) in [5.41, 5.74) is 2.06. The Morgan fingerprint density at radius 2 is 2.05 bits per heavy atom. The van der Waals surface area contributed by atoms with E-state index < -0.39 is 6.10 Å². The van der Waals surface area contributed by atoms with E-state index in [1.807, 2.05) is 31.2 Å². The maximum absolute atomic E-state index is 9.79. The van der Waals surface area contributed by atoms with E-state index in [9.17, 15) is 5.11 Å². The summed E-state index contributed by atoms with van der Waals surface area (Å²) >= 11 is 0. The van der Waals surface area contributed by atoms with Crippen molar-refractivity contribution >= 4 is 5.69 Å². The van der Waals surface area contributed by atoms with Gasteiger partial charge in [-0.25, -0.2) is 0 Å². The number of aliphatic hydroxyl groups excluding tert-OH is 1.